The number of thiazole rings is 1. The smallest absolute Gasteiger partial charge is 0.268 e. The van der Waals surface area contributed by atoms with Crippen molar-refractivity contribution in [1.29, 1.82) is 0 Å². The summed E-state index contributed by atoms with van der Waals surface area (Å²) >= 11 is 1.20. The number of sulfonamides is 1. The molecule has 30 heavy (non-hydrogen) atoms. The molecule has 1 fully saturated rings. The van der Waals surface area contributed by atoms with Crippen molar-refractivity contribution < 1.29 is 17.9 Å². The Hall–Kier alpha value is -2.91. The van der Waals surface area contributed by atoms with Gasteiger partial charge in [-0.1, -0.05) is 12.1 Å². The highest BCUT2D eigenvalue weighted by atomic mass is 32.2. The largest absolute Gasteiger partial charge is 0.480 e. The Morgan fingerprint density at radius 1 is 1.17 bits per heavy atom. The average molecular weight is 444 g/mol. The Balaban J connectivity index is 1.47. The minimum atomic E-state index is -3.73. The zero-order valence-corrected chi connectivity index (χ0v) is 18.2. The van der Waals surface area contributed by atoms with Gasteiger partial charge >= 0.3 is 0 Å². The summed E-state index contributed by atoms with van der Waals surface area (Å²) in [5, 5.41) is 2.00. The van der Waals surface area contributed by atoms with E-state index < -0.39 is 16.1 Å². The van der Waals surface area contributed by atoms with Gasteiger partial charge in [-0.05, 0) is 55.3 Å². The van der Waals surface area contributed by atoms with Gasteiger partial charge in [-0.15, -0.1) is 11.3 Å². The van der Waals surface area contributed by atoms with Crippen molar-refractivity contribution in [3.63, 3.8) is 0 Å². The fourth-order valence-corrected chi connectivity index (χ4v) is 5.05. The van der Waals surface area contributed by atoms with Crippen LogP contribution in [0.15, 0.2) is 58.9 Å². The molecule has 4 rings (SSSR count). The number of amides is 1. The predicted molar refractivity (Wildman–Crippen MR) is 117 cm³/mol. The van der Waals surface area contributed by atoms with E-state index in [0.29, 0.717) is 29.5 Å². The van der Waals surface area contributed by atoms with Gasteiger partial charge in [0.15, 0.2) is 11.2 Å². The number of rotatable bonds is 6. The number of ether oxygens (including phenoxy) is 1. The van der Waals surface area contributed by atoms with Gasteiger partial charge in [0.05, 0.1) is 4.90 Å². The molecule has 1 aromatic heterocycles. The maximum Gasteiger partial charge on any atom is 0.268 e. The molecule has 1 unspecified atom stereocenters. The van der Waals surface area contributed by atoms with Crippen molar-refractivity contribution in [2.75, 3.05) is 16.2 Å². The fourth-order valence-electron chi connectivity index (χ4n) is 3.26. The van der Waals surface area contributed by atoms with E-state index in [1.54, 1.807) is 22.4 Å². The second-order valence-electron chi connectivity index (χ2n) is 7.09. The molecule has 0 aliphatic carbocycles. The molecule has 1 N–H and O–H groups in total. The van der Waals surface area contributed by atoms with E-state index in [-0.39, 0.29) is 10.8 Å². The lowest BCUT2D eigenvalue weighted by molar-refractivity contribution is -0.122. The highest BCUT2D eigenvalue weighted by Crippen LogP contribution is 2.28. The lowest BCUT2D eigenvalue weighted by atomic mass is 10.1. The molecule has 0 bridgehead atoms. The predicted octanol–water partition coefficient (Wildman–Crippen LogP) is 3.75. The number of carbonyl (C=O) groups is 1. The standard InChI is InChI=1S/C21H21N3O4S2/c1-14-3-4-15(2)19(13-14)28-18-9-11-24(20(18)25)16-5-7-17(8-6-16)30(26,27)23-21-22-10-12-29-21/h3-8,10,12-13,18H,9,11H2,1-2H3,(H,22,23). The Bertz CT molecular complexity index is 1160. The average Bonchev–Trinajstić information content (AvgIpc) is 3.35. The number of nitrogens with zero attached hydrogens (tertiary/aromatic N) is 2. The molecular formula is C21H21N3O4S2. The van der Waals surface area contributed by atoms with Crippen LogP contribution in [0.25, 0.3) is 0 Å². The molecule has 7 nitrogen and oxygen atoms in total. The summed E-state index contributed by atoms with van der Waals surface area (Å²) in [5.74, 6) is 0.581. The number of carbonyl (C=O) groups excluding carboxylic acids is 1. The van der Waals surface area contributed by atoms with E-state index in [1.165, 1.54) is 29.7 Å². The van der Waals surface area contributed by atoms with Crippen molar-refractivity contribution in [1.82, 2.24) is 4.98 Å². The summed E-state index contributed by atoms with van der Waals surface area (Å²) in [6, 6.07) is 12.1. The van der Waals surface area contributed by atoms with Gasteiger partial charge in [0.25, 0.3) is 15.9 Å². The van der Waals surface area contributed by atoms with Gasteiger partial charge in [0.1, 0.15) is 5.75 Å². The van der Waals surface area contributed by atoms with E-state index >= 15 is 0 Å². The zero-order chi connectivity index (χ0) is 21.3. The van der Waals surface area contributed by atoms with Crippen molar-refractivity contribution >= 4 is 38.1 Å². The Kier molecular flexibility index (Phi) is 5.48. The van der Waals surface area contributed by atoms with Crippen LogP contribution >= 0.6 is 11.3 Å². The summed E-state index contributed by atoms with van der Waals surface area (Å²) in [5.41, 5.74) is 2.69. The zero-order valence-electron chi connectivity index (χ0n) is 16.5. The highest BCUT2D eigenvalue weighted by molar-refractivity contribution is 7.93. The summed E-state index contributed by atoms with van der Waals surface area (Å²) < 4.78 is 33.4. The maximum atomic E-state index is 12.9. The van der Waals surface area contributed by atoms with E-state index in [4.69, 9.17) is 4.74 Å². The van der Waals surface area contributed by atoms with Crippen molar-refractivity contribution in [2.45, 2.75) is 31.3 Å². The first-order chi connectivity index (χ1) is 14.3. The summed E-state index contributed by atoms with van der Waals surface area (Å²) in [6.45, 7) is 4.44. The van der Waals surface area contributed by atoms with Crippen LogP contribution in [0.4, 0.5) is 10.8 Å². The molecule has 1 aliphatic heterocycles. The quantitative estimate of drug-likeness (QED) is 0.627. The highest BCUT2D eigenvalue weighted by Gasteiger charge is 2.34. The molecule has 0 radical (unpaired) electrons. The van der Waals surface area contributed by atoms with E-state index in [1.807, 2.05) is 32.0 Å². The van der Waals surface area contributed by atoms with Crippen LogP contribution in [0.5, 0.6) is 5.75 Å². The van der Waals surface area contributed by atoms with Crippen LogP contribution in [0.2, 0.25) is 0 Å². The third-order valence-corrected chi connectivity index (χ3v) is 7.05. The summed E-state index contributed by atoms with van der Waals surface area (Å²) in [7, 11) is -3.73. The van der Waals surface area contributed by atoms with Gasteiger partial charge < -0.3 is 9.64 Å². The lowest BCUT2D eigenvalue weighted by Crippen LogP contribution is -2.32. The molecule has 1 amide bonds. The first-order valence-corrected chi connectivity index (χ1v) is 11.8. The van der Waals surface area contributed by atoms with Gasteiger partial charge in [-0.2, -0.15) is 0 Å². The van der Waals surface area contributed by atoms with Gasteiger partial charge in [-0.3, -0.25) is 9.52 Å². The Labute approximate surface area is 179 Å². The first kappa shape index (κ1) is 20.4. The van der Waals surface area contributed by atoms with Gasteiger partial charge in [0, 0.05) is 30.2 Å². The lowest BCUT2D eigenvalue weighted by Gasteiger charge is -2.18. The fraction of sp³-hybridized carbons (Fsp3) is 0.238. The molecule has 9 heteroatoms. The van der Waals surface area contributed by atoms with Crippen LogP contribution in [0, 0.1) is 13.8 Å². The van der Waals surface area contributed by atoms with Crippen LogP contribution in [0.1, 0.15) is 17.5 Å². The number of aromatic nitrogens is 1. The third-order valence-electron chi connectivity index (χ3n) is 4.88. The van der Waals surface area contributed by atoms with Crippen molar-refractivity contribution in [3.8, 4) is 5.75 Å². The SMILES string of the molecule is Cc1ccc(C)c(OC2CCN(c3ccc(S(=O)(=O)Nc4nccs4)cc3)C2=O)c1. The third kappa shape index (κ3) is 4.17. The molecule has 0 spiro atoms. The second kappa shape index (κ2) is 8.08. The molecule has 1 saturated heterocycles. The van der Waals surface area contributed by atoms with Crippen LogP contribution in [0.3, 0.4) is 0 Å². The Morgan fingerprint density at radius 2 is 1.93 bits per heavy atom. The van der Waals surface area contributed by atoms with E-state index in [2.05, 4.69) is 9.71 Å². The normalized spacial score (nSPS) is 16.7. The van der Waals surface area contributed by atoms with Crippen LogP contribution < -0.4 is 14.4 Å². The Morgan fingerprint density at radius 3 is 2.63 bits per heavy atom. The van der Waals surface area contributed by atoms with Gasteiger partial charge in [-0.25, -0.2) is 13.4 Å². The maximum absolute atomic E-state index is 12.9. The number of aryl methyl sites for hydroxylation is 2. The van der Waals surface area contributed by atoms with E-state index in [0.717, 1.165) is 11.1 Å². The monoisotopic (exact) mass is 443 g/mol. The molecule has 2 heterocycles. The minimum Gasteiger partial charge on any atom is -0.480 e. The molecule has 2 aromatic carbocycles. The van der Waals surface area contributed by atoms with Crippen molar-refractivity contribution in [3.05, 3.63) is 65.2 Å². The first-order valence-electron chi connectivity index (χ1n) is 9.41. The molecule has 0 saturated carbocycles. The molecule has 156 valence electrons. The van der Waals surface area contributed by atoms with Crippen molar-refractivity contribution in [2.24, 2.45) is 0 Å². The topological polar surface area (TPSA) is 88.6 Å². The minimum absolute atomic E-state index is 0.108. The summed E-state index contributed by atoms with van der Waals surface area (Å²) in [4.78, 5) is 18.5. The van der Waals surface area contributed by atoms with Crippen LogP contribution in [-0.4, -0.2) is 32.0 Å². The number of hydrogen-bond donors (Lipinski definition) is 1. The van der Waals surface area contributed by atoms with E-state index in [9.17, 15) is 13.2 Å². The summed E-state index contributed by atoms with van der Waals surface area (Å²) in [6.07, 6.45) is 1.54. The number of nitrogens with one attached hydrogen (secondary N) is 1. The number of hydrogen-bond acceptors (Lipinski definition) is 6. The van der Waals surface area contributed by atoms with Gasteiger partial charge in [0.2, 0.25) is 0 Å². The number of benzene rings is 2. The van der Waals surface area contributed by atoms with Crippen LogP contribution in [-0.2, 0) is 14.8 Å². The molecule has 1 atom stereocenters. The second-order valence-corrected chi connectivity index (χ2v) is 9.67. The molecular weight excluding hydrogens is 422 g/mol. The molecule has 3 aromatic rings. The molecule has 1 aliphatic rings. The number of anilines is 2.